The molecule has 0 spiro atoms. The van der Waals surface area contributed by atoms with Gasteiger partial charge < -0.3 is 24.5 Å². The summed E-state index contributed by atoms with van der Waals surface area (Å²) in [6, 6.07) is 0. The first kappa shape index (κ1) is 19.8. The highest BCUT2D eigenvalue weighted by Crippen LogP contribution is 2.58. The fourth-order valence-electron chi connectivity index (χ4n) is 5.12. The largest absolute Gasteiger partial charge is 0.458 e. The zero-order valence-corrected chi connectivity index (χ0v) is 15.6. The molecule has 0 aromatic rings. The van der Waals surface area contributed by atoms with Gasteiger partial charge in [0.1, 0.15) is 18.5 Å². The predicted molar refractivity (Wildman–Crippen MR) is 94.2 cm³/mol. The molecular weight excluding hydrogens is 352 g/mol. The SMILES string of the molecule is C=C1C(=O)O[C@H]2[C@H]1[C@@H](OC(=O)/C(=C/C)CO)C[C@]1(C)[C@@H]2[C@H](C=O)CC[C@H]1O. The highest BCUT2D eigenvalue weighted by molar-refractivity contribution is 5.92. The summed E-state index contributed by atoms with van der Waals surface area (Å²) in [6.45, 7) is 6.83. The quantitative estimate of drug-likeness (QED) is 0.425. The summed E-state index contributed by atoms with van der Waals surface area (Å²) >= 11 is 0. The smallest absolute Gasteiger partial charge is 0.336 e. The van der Waals surface area contributed by atoms with Crippen LogP contribution in [0.15, 0.2) is 23.8 Å². The fourth-order valence-corrected chi connectivity index (χ4v) is 5.12. The lowest BCUT2D eigenvalue weighted by atomic mass is 9.51. The Morgan fingerprint density at radius 2 is 2.15 bits per heavy atom. The van der Waals surface area contributed by atoms with Gasteiger partial charge in [-0.1, -0.05) is 19.6 Å². The molecule has 7 atom stereocenters. The van der Waals surface area contributed by atoms with Crippen molar-refractivity contribution < 1.29 is 34.1 Å². The van der Waals surface area contributed by atoms with Crippen molar-refractivity contribution in [3.63, 3.8) is 0 Å². The average Bonchev–Trinajstić information content (AvgIpc) is 2.92. The molecule has 0 aromatic carbocycles. The third-order valence-electron chi connectivity index (χ3n) is 6.63. The standard InChI is InChI=1S/C20H26O7/c1-4-11(8-21)19(25)26-13-7-20(3)14(23)6-5-12(9-22)16(20)17-15(13)10(2)18(24)27-17/h4,9,12-17,21,23H,2,5-8H2,1,3H3/b11-4+/t12-,13-,14+,15+,16+,17-,20-/m0/s1. The van der Waals surface area contributed by atoms with E-state index in [9.17, 15) is 24.6 Å². The molecule has 0 amide bonds. The van der Waals surface area contributed by atoms with Crippen molar-refractivity contribution in [2.45, 2.75) is 51.4 Å². The Labute approximate surface area is 158 Å². The van der Waals surface area contributed by atoms with E-state index in [4.69, 9.17) is 9.47 Å². The number of fused-ring (bicyclic) bond motifs is 3. The number of carbonyl (C=O) groups excluding carboxylic acids is 3. The van der Waals surface area contributed by atoms with Gasteiger partial charge in [0.25, 0.3) is 0 Å². The van der Waals surface area contributed by atoms with Crippen molar-refractivity contribution in [2.75, 3.05) is 6.61 Å². The van der Waals surface area contributed by atoms with E-state index in [1.807, 2.05) is 6.92 Å². The van der Waals surface area contributed by atoms with Crippen molar-refractivity contribution >= 4 is 18.2 Å². The predicted octanol–water partition coefficient (Wildman–Crippen LogP) is 0.931. The molecule has 1 saturated heterocycles. The minimum absolute atomic E-state index is 0.115. The van der Waals surface area contributed by atoms with Crippen LogP contribution in [0.2, 0.25) is 0 Å². The first-order valence-corrected chi connectivity index (χ1v) is 9.28. The molecule has 2 N–H and O–H groups in total. The number of hydrogen-bond donors (Lipinski definition) is 2. The maximum atomic E-state index is 12.4. The van der Waals surface area contributed by atoms with Crippen LogP contribution in [-0.2, 0) is 23.9 Å². The zero-order valence-electron chi connectivity index (χ0n) is 15.6. The Balaban J connectivity index is 1.99. The molecule has 0 radical (unpaired) electrons. The third-order valence-corrected chi connectivity index (χ3v) is 6.63. The Hall–Kier alpha value is -1.99. The van der Waals surface area contributed by atoms with Gasteiger partial charge in [-0.25, -0.2) is 9.59 Å². The van der Waals surface area contributed by atoms with E-state index in [-0.39, 0.29) is 29.4 Å². The van der Waals surface area contributed by atoms with E-state index >= 15 is 0 Å². The van der Waals surface area contributed by atoms with Gasteiger partial charge in [-0.2, -0.15) is 0 Å². The normalized spacial score (nSPS) is 41.4. The molecule has 0 unspecified atom stereocenters. The van der Waals surface area contributed by atoms with Crippen molar-refractivity contribution in [1.82, 2.24) is 0 Å². The molecule has 7 heteroatoms. The minimum Gasteiger partial charge on any atom is -0.458 e. The number of carbonyl (C=O) groups is 3. The van der Waals surface area contributed by atoms with Crippen LogP contribution in [0.1, 0.15) is 33.1 Å². The second-order valence-electron chi connectivity index (χ2n) is 7.97. The summed E-state index contributed by atoms with van der Waals surface area (Å²) in [5.41, 5.74) is -0.406. The molecule has 0 aromatic heterocycles. The third kappa shape index (κ3) is 3.02. The van der Waals surface area contributed by atoms with Crippen LogP contribution in [0, 0.1) is 23.2 Å². The van der Waals surface area contributed by atoms with Crippen molar-refractivity contribution in [1.29, 1.82) is 0 Å². The van der Waals surface area contributed by atoms with Gasteiger partial charge in [0.15, 0.2) is 0 Å². The van der Waals surface area contributed by atoms with Crippen LogP contribution < -0.4 is 0 Å². The van der Waals surface area contributed by atoms with E-state index in [0.717, 1.165) is 6.29 Å². The van der Waals surface area contributed by atoms with Gasteiger partial charge in [0.05, 0.1) is 24.2 Å². The van der Waals surface area contributed by atoms with E-state index in [1.54, 1.807) is 6.92 Å². The lowest BCUT2D eigenvalue weighted by Crippen LogP contribution is -2.60. The molecule has 3 aliphatic rings. The molecule has 3 rings (SSSR count). The van der Waals surface area contributed by atoms with Crippen LogP contribution >= 0.6 is 0 Å². The molecule has 2 saturated carbocycles. The number of aldehydes is 1. The number of ether oxygens (including phenoxy) is 2. The molecule has 148 valence electrons. The minimum atomic E-state index is -0.740. The fraction of sp³-hybridized carbons (Fsp3) is 0.650. The summed E-state index contributed by atoms with van der Waals surface area (Å²) in [4.78, 5) is 36.3. The summed E-state index contributed by atoms with van der Waals surface area (Å²) in [5, 5.41) is 20.0. The summed E-state index contributed by atoms with van der Waals surface area (Å²) in [7, 11) is 0. The average molecular weight is 378 g/mol. The van der Waals surface area contributed by atoms with Crippen molar-refractivity contribution in [2.24, 2.45) is 23.2 Å². The number of aliphatic hydroxyl groups is 2. The molecule has 27 heavy (non-hydrogen) atoms. The molecule has 2 aliphatic carbocycles. The molecular formula is C20H26O7. The molecule has 7 nitrogen and oxygen atoms in total. The lowest BCUT2D eigenvalue weighted by Gasteiger charge is -2.55. The highest BCUT2D eigenvalue weighted by Gasteiger charge is 2.63. The lowest BCUT2D eigenvalue weighted by molar-refractivity contribution is -0.194. The van der Waals surface area contributed by atoms with Gasteiger partial charge >= 0.3 is 11.9 Å². The molecule has 1 aliphatic heterocycles. The van der Waals surface area contributed by atoms with E-state index in [2.05, 4.69) is 6.58 Å². The number of allylic oxidation sites excluding steroid dienone is 1. The van der Waals surface area contributed by atoms with Gasteiger partial charge in [0, 0.05) is 22.8 Å². The molecule has 0 bridgehead atoms. The maximum absolute atomic E-state index is 12.4. The van der Waals surface area contributed by atoms with Gasteiger partial charge in [0.2, 0.25) is 0 Å². The number of esters is 2. The Bertz CT molecular complexity index is 696. The molecule has 1 heterocycles. The van der Waals surface area contributed by atoms with Crippen LogP contribution in [0.5, 0.6) is 0 Å². The Kier molecular flexibility index (Phi) is 5.27. The summed E-state index contributed by atoms with van der Waals surface area (Å²) in [6.07, 6.45) is 1.50. The monoisotopic (exact) mass is 378 g/mol. The van der Waals surface area contributed by atoms with Gasteiger partial charge in [-0.05, 0) is 26.2 Å². The number of aliphatic hydroxyl groups excluding tert-OH is 2. The zero-order chi connectivity index (χ0) is 19.9. The first-order valence-electron chi connectivity index (χ1n) is 9.28. The first-order chi connectivity index (χ1) is 12.8. The number of rotatable bonds is 4. The van der Waals surface area contributed by atoms with E-state index in [0.29, 0.717) is 12.8 Å². The van der Waals surface area contributed by atoms with Crippen molar-refractivity contribution in [3.05, 3.63) is 23.8 Å². The van der Waals surface area contributed by atoms with Crippen LogP contribution in [0.4, 0.5) is 0 Å². The topological polar surface area (TPSA) is 110 Å². The van der Waals surface area contributed by atoms with Crippen LogP contribution in [-0.4, -0.2) is 53.4 Å². The number of hydrogen-bond acceptors (Lipinski definition) is 7. The van der Waals surface area contributed by atoms with Crippen LogP contribution in [0.3, 0.4) is 0 Å². The highest BCUT2D eigenvalue weighted by atomic mass is 16.6. The van der Waals surface area contributed by atoms with Gasteiger partial charge in [-0.15, -0.1) is 0 Å². The van der Waals surface area contributed by atoms with Crippen LogP contribution in [0.25, 0.3) is 0 Å². The Morgan fingerprint density at radius 3 is 2.74 bits per heavy atom. The molecule has 3 fully saturated rings. The van der Waals surface area contributed by atoms with E-state index in [1.165, 1.54) is 6.08 Å². The van der Waals surface area contributed by atoms with E-state index < -0.39 is 48.2 Å². The second kappa shape index (κ2) is 7.20. The summed E-state index contributed by atoms with van der Waals surface area (Å²) < 4.78 is 11.2. The second-order valence-corrected chi connectivity index (χ2v) is 7.97. The Morgan fingerprint density at radius 1 is 1.44 bits per heavy atom. The summed E-state index contributed by atoms with van der Waals surface area (Å²) in [5.74, 6) is -2.50. The van der Waals surface area contributed by atoms with Gasteiger partial charge in [-0.3, -0.25) is 0 Å². The van der Waals surface area contributed by atoms with Crippen molar-refractivity contribution in [3.8, 4) is 0 Å². The maximum Gasteiger partial charge on any atom is 0.336 e.